The zero-order chi connectivity index (χ0) is 23.1. The lowest BCUT2D eigenvalue weighted by atomic mass is 9.49. The van der Waals surface area contributed by atoms with E-state index in [0.717, 1.165) is 42.6 Å². The molecule has 32 heavy (non-hydrogen) atoms. The van der Waals surface area contributed by atoms with Crippen molar-refractivity contribution in [3.8, 4) is 0 Å². The van der Waals surface area contributed by atoms with Crippen LogP contribution < -0.4 is 16.4 Å². The maximum Gasteiger partial charge on any atom is 0.252 e. The number of carbonyl (C=O) groups excluding carboxylic acids is 3. The number of benzene rings is 1. The zero-order valence-corrected chi connectivity index (χ0v) is 19.6. The number of nitrogens with one attached hydrogen (secondary N) is 2. The molecule has 4 bridgehead atoms. The quantitative estimate of drug-likeness (QED) is 0.577. The minimum absolute atomic E-state index is 0.149. The summed E-state index contributed by atoms with van der Waals surface area (Å²) in [7, 11) is 0. The van der Waals surface area contributed by atoms with Crippen molar-refractivity contribution in [2.24, 2.45) is 34.8 Å². The third-order valence-electron chi connectivity index (χ3n) is 7.94. The molecule has 0 aromatic heterocycles. The molecule has 1 atom stereocenters. The van der Waals surface area contributed by atoms with Gasteiger partial charge in [-0.25, -0.2) is 0 Å². The first-order valence-corrected chi connectivity index (χ1v) is 12.1. The SMILES string of the molecule is CC(C)CC(C)(NC(=O)c1ccc(CNC(=O)C23CC4CC(CC(C4)C2)C3)cc1)C(N)=O. The van der Waals surface area contributed by atoms with E-state index in [4.69, 9.17) is 5.73 Å². The summed E-state index contributed by atoms with van der Waals surface area (Å²) in [4.78, 5) is 37.8. The highest BCUT2D eigenvalue weighted by Crippen LogP contribution is 2.60. The highest BCUT2D eigenvalue weighted by atomic mass is 16.2. The fourth-order valence-electron chi connectivity index (χ4n) is 6.89. The molecule has 1 aromatic carbocycles. The largest absolute Gasteiger partial charge is 0.368 e. The second-order valence-corrected chi connectivity index (χ2v) is 11.3. The average molecular weight is 440 g/mol. The fourth-order valence-corrected chi connectivity index (χ4v) is 6.89. The summed E-state index contributed by atoms with van der Waals surface area (Å²) in [6.45, 7) is 6.11. The second kappa shape index (κ2) is 8.53. The van der Waals surface area contributed by atoms with Gasteiger partial charge < -0.3 is 16.4 Å². The van der Waals surface area contributed by atoms with E-state index in [0.29, 0.717) is 18.5 Å². The zero-order valence-electron chi connectivity index (χ0n) is 19.6. The van der Waals surface area contributed by atoms with Crippen LogP contribution in [0.1, 0.15) is 81.6 Å². The highest BCUT2D eigenvalue weighted by molar-refractivity contribution is 5.98. The highest BCUT2D eigenvalue weighted by Gasteiger charge is 2.54. The average Bonchev–Trinajstić information content (AvgIpc) is 2.70. The maximum atomic E-state index is 13.1. The van der Waals surface area contributed by atoms with Gasteiger partial charge in [-0.15, -0.1) is 0 Å². The van der Waals surface area contributed by atoms with Crippen LogP contribution in [0.25, 0.3) is 0 Å². The first-order chi connectivity index (χ1) is 15.1. The monoisotopic (exact) mass is 439 g/mol. The van der Waals surface area contributed by atoms with E-state index in [2.05, 4.69) is 10.6 Å². The van der Waals surface area contributed by atoms with Crippen LogP contribution in [-0.4, -0.2) is 23.3 Å². The van der Waals surface area contributed by atoms with Gasteiger partial charge in [0.1, 0.15) is 5.54 Å². The molecule has 5 rings (SSSR count). The number of hydrogen-bond acceptors (Lipinski definition) is 3. The fraction of sp³-hybridized carbons (Fsp3) is 0.654. The second-order valence-electron chi connectivity index (χ2n) is 11.3. The molecule has 174 valence electrons. The Hall–Kier alpha value is -2.37. The van der Waals surface area contributed by atoms with Crippen LogP contribution in [0.5, 0.6) is 0 Å². The Morgan fingerprint density at radius 3 is 2.03 bits per heavy atom. The number of hydrogen-bond donors (Lipinski definition) is 3. The van der Waals surface area contributed by atoms with Crippen LogP contribution in [-0.2, 0) is 16.1 Å². The molecule has 0 saturated heterocycles. The number of rotatable bonds is 8. The molecule has 1 aromatic rings. The van der Waals surface area contributed by atoms with E-state index in [-0.39, 0.29) is 23.1 Å². The third kappa shape index (κ3) is 4.55. The first kappa shape index (κ1) is 22.8. The minimum atomic E-state index is -1.09. The van der Waals surface area contributed by atoms with Crippen molar-refractivity contribution in [2.45, 2.75) is 77.8 Å². The van der Waals surface area contributed by atoms with Gasteiger partial charge in [0.25, 0.3) is 5.91 Å². The molecule has 0 radical (unpaired) electrons. The van der Waals surface area contributed by atoms with E-state index in [1.54, 1.807) is 19.1 Å². The van der Waals surface area contributed by atoms with Crippen molar-refractivity contribution < 1.29 is 14.4 Å². The summed E-state index contributed by atoms with van der Waals surface area (Å²) in [5.74, 6) is 1.79. The lowest BCUT2D eigenvalue weighted by molar-refractivity contribution is -0.146. The molecule has 4 N–H and O–H groups in total. The normalized spacial score (nSPS) is 30.1. The minimum Gasteiger partial charge on any atom is -0.368 e. The van der Waals surface area contributed by atoms with Crippen molar-refractivity contribution in [3.05, 3.63) is 35.4 Å². The molecule has 4 aliphatic rings. The van der Waals surface area contributed by atoms with E-state index in [1.807, 2.05) is 26.0 Å². The predicted octanol–water partition coefficient (Wildman–Crippen LogP) is 3.54. The molecular weight excluding hydrogens is 402 g/mol. The van der Waals surface area contributed by atoms with Crippen LogP contribution in [0.3, 0.4) is 0 Å². The van der Waals surface area contributed by atoms with Gasteiger partial charge in [0.15, 0.2) is 0 Å². The summed E-state index contributed by atoms with van der Waals surface area (Å²) < 4.78 is 0. The Labute approximate surface area is 191 Å². The van der Waals surface area contributed by atoms with Crippen LogP contribution >= 0.6 is 0 Å². The molecule has 0 spiro atoms. The van der Waals surface area contributed by atoms with Gasteiger partial charge in [-0.2, -0.15) is 0 Å². The molecule has 1 unspecified atom stereocenters. The van der Waals surface area contributed by atoms with Crippen molar-refractivity contribution in [1.82, 2.24) is 10.6 Å². The van der Waals surface area contributed by atoms with Gasteiger partial charge in [-0.3, -0.25) is 14.4 Å². The van der Waals surface area contributed by atoms with Crippen LogP contribution in [0.2, 0.25) is 0 Å². The van der Waals surface area contributed by atoms with Gasteiger partial charge in [-0.05, 0) is 93.2 Å². The Kier molecular flexibility index (Phi) is 6.08. The Bertz CT molecular complexity index is 857. The summed E-state index contributed by atoms with van der Waals surface area (Å²) in [6, 6.07) is 7.19. The molecule has 0 heterocycles. The van der Waals surface area contributed by atoms with Crippen molar-refractivity contribution in [3.63, 3.8) is 0 Å². The van der Waals surface area contributed by atoms with Crippen LogP contribution in [0.4, 0.5) is 0 Å². The van der Waals surface area contributed by atoms with Gasteiger partial charge in [0, 0.05) is 17.5 Å². The lowest BCUT2D eigenvalue weighted by Crippen LogP contribution is -2.56. The maximum absolute atomic E-state index is 13.1. The summed E-state index contributed by atoms with van der Waals surface area (Å²) in [5.41, 5.74) is 5.74. The van der Waals surface area contributed by atoms with Gasteiger partial charge >= 0.3 is 0 Å². The number of carbonyl (C=O) groups is 3. The Morgan fingerprint density at radius 2 is 1.56 bits per heavy atom. The van der Waals surface area contributed by atoms with Crippen LogP contribution in [0, 0.1) is 29.1 Å². The lowest BCUT2D eigenvalue weighted by Gasteiger charge is -2.55. The third-order valence-corrected chi connectivity index (χ3v) is 7.94. The standard InChI is InChI=1S/C26H37N3O3/c1-16(2)11-25(3,23(27)31)29-22(30)21-6-4-17(5-7-21)15-28-24(32)26-12-18-8-19(13-26)10-20(9-18)14-26/h4-7,16,18-20H,8-15H2,1-3H3,(H2,27,31)(H,28,32)(H,29,30). The molecule has 4 fully saturated rings. The van der Waals surface area contributed by atoms with Crippen molar-refractivity contribution >= 4 is 17.7 Å². The molecule has 4 saturated carbocycles. The van der Waals surface area contributed by atoms with Crippen molar-refractivity contribution in [2.75, 3.05) is 0 Å². The van der Waals surface area contributed by atoms with Crippen LogP contribution in [0.15, 0.2) is 24.3 Å². The Morgan fingerprint density at radius 1 is 1.03 bits per heavy atom. The first-order valence-electron chi connectivity index (χ1n) is 12.1. The molecule has 4 aliphatic carbocycles. The summed E-state index contributed by atoms with van der Waals surface area (Å²) in [6.07, 6.45) is 7.60. The van der Waals surface area contributed by atoms with Gasteiger partial charge in [0.05, 0.1) is 0 Å². The summed E-state index contributed by atoms with van der Waals surface area (Å²) >= 11 is 0. The number of amides is 3. The molecule has 0 aliphatic heterocycles. The van der Waals surface area contributed by atoms with E-state index in [1.165, 1.54) is 19.3 Å². The van der Waals surface area contributed by atoms with Crippen molar-refractivity contribution in [1.29, 1.82) is 0 Å². The molecule has 6 heteroatoms. The number of nitrogens with two attached hydrogens (primary N) is 1. The summed E-state index contributed by atoms with van der Waals surface area (Å²) in [5, 5.41) is 5.98. The van der Waals surface area contributed by atoms with E-state index >= 15 is 0 Å². The van der Waals surface area contributed by atoms with Gasteiger partial charge in [-0.1, -0.05) is 26.0 Å². The molecular formula is C26H37N3O3. The van der Waals surface area contributed by atoms with E-state index in [9.17, 15) is 14.4 Å². The predicted molar refractivity (Wildman–Crippen MR) is 123 cm³/mol. The number of primary amides is 1. The molecule has 6 nitrogen and oxygen atoms in total. The smallest absolute Gasteiger partial charge is 0.252 e. The molecule has 3 amide bonds. The van der Waals surface area contributed by atoms with Gasteiger partial charge in [0.2, 0.25) is 11.8 Å². The van der Waals surface area contributed by atoms with E-state index < -0.39 is 11.4 Å². The topological polar surface area (TPSA) is 101 Å². The Balaban J connectivity index is 1.34.